The van der Waals surface area contributed by atoms with Gasteiger partial charge in [0.15, 0.2) is 5.90 Å². The number of carbonyl (C=O) groups is 1. The van der Waals surface area contributed by atoms with E-state index in [1.165, 1.54) is 32.1 Å². The lowest BCUT2D eigenvalue weighted by Crippen LogP contribution is -2.39. The molecular formula is C17H20F2N6O3. The van der Waals surface area contributed by atoms with Gasteiger partial charge >= 0.3 is 0 Å². The molecule has 1 aromatic heterocycles. The van der Waals surface area contributed by atoms with Crippen LogP contribution < -0.4 is 15.8 Å². The molecule has 1 amide bonds. The summed E-state index contributed by atoms with van der Waals surface area (Å²) in [4.78, 5) is 16.8. The molecule has 0 aliphatic carbocycles. The largest absolute Gasteiger partial charge is 0.494 e. The minimum Gasteiger partial charge on any atom is -0.494 e. The van der Waals surface area contributed by atoms with Crippen LogP contribution in [0.2, 0.25) is 0 Å². The summed E-state index contributed by atoms with van der Waals surface area (Å²) in [5.41, 5.74) is 5.59. The lowest BCUT2D eigenvalue weighted by Gasteiger charge is -2.28. The van der Waals surface area contributed by atoms with Crippen molar-refractivity contribution in [1.29, 1.82) is 10.8 Å². The Morgan fingerprint density at radius 2 is 2.11 bits per heavy atom. The van der Waals surface area contributed by atoms with Gasteiger partial charge in [-0.1, -0.05) is 0 Å². The first kappa shape index (κ1) is 20.8. The summed E-state index contributed by atoms with van der Waals surface area (Å²) in [5.74, 6) is -0.400. The average Bonchev–Trinajstić information content (AvgIpc) is 2.65. The van der Waals surface area contributed by atoms with E-state index < -0.39 is 18.0 Å². The van der Waals surface area contributed by atoms with Gasteiger partial charge in [-0.3, -0.25) is 25.5 Å². The van der Waals surface area contributed by atoms with E-state index in [1.54, 1.807) is 0 Å². The number of halogens is 2. The van der Waals surface area contributed by atoms with Crippen LogP contribution in [0, 0.1) is 10.8 Å². The van der Waals surface area contributed by atoms with E-state index in [9.17, 15) is 13.6 Å². The molecule has 1 aliphatic heterocycles. The van der Waals surface area contributed by atoms with E-state index in [2.05, 4.69) is 10.3 Å². The van der Waals surface area contributed by atoms with E-state index >= 15 is 0 Å². The van der Waals surface area contributed by atoms with E-state index in [0.29, 0.717) is 5.82 Å². The Bertz CT molecular complexity index is 882. The Morgan fingerprint density at radius 1 is 1.43 bits per heavy atom. The number of primary amides is 1. The van der Waals surface area contributed by atoms with Crippen molar-refractivity contribution in [1.82, 2.24) is 15.2 Å². The lowest BCUT2D eigenvalue weighted by atomic mass is 9.96. The molecule has 28 heavy (non-hydrogen) atoms. The zero-order chi connectivity index (χ0) is 21.0. The SMILES string of the molecule is COc1cnc(C(F)F)cc1C1=C(C(N)=O)CNC(N(C)C(=N)OC(C)=N)=C1. The number of rotatable bonds is 5. The maximum absolute atomic E-state index is 13.1. The van der Waals surface area contributed by atoms with Crippen LogP contribution >= 0.6 is 0 Å². The number of nitrogens with zero attached hydrogens (tertiary/aromatic N) is 2. The number of ether oxygens (including phenoxy) is 2. The molecule has 0 bridgehead atoms. The number of nitrogens with two attached hydrogens (primary N) is 1. The van der Waals surface area contributed by atoms with Gasteiger partial charge < -0.3 is 20.5 Å². The molecule has 0 unspecified atom stereocenters. The Labute approximate surface area is 159 Å². The first-order valence-corrected chi connectivity index (χ1v) is 8.02. The van der Waals surface area contributed by atoms with Crippen LogP contribution in [0.3, 0.4) is 0 Å². The van der Waals surface area contributed by atoms with Gasteiger partial charge in [-0.2, -0.15) is 0 Å². The number of amides is 1. The van der Waals surface area contributed by atoms with Gasteiger partial charge in [-0.25, -0.2) is 8.78 Å². The van der Waals surface area contributed by atoms with Crippen molar-refractivity contribution < 1.29 is 23.0 Å². The van der Waals surface area contributed by atoms with Crippen molar-refractivity contribution in [3.8, 4) is 5.75 Å². The average molecular weight is 394 g/mol. The molecule has 1 aliphatic rings. The third-order valence-electron chi connectivity index (χ3n) is 3.89. The number of aromatic nitrogens is 1. The van der Waals surface area contributed by atoms with Gasteiger partial charge in [-0.05, 0) is 17.7 Å². The number of alkyl halides is 2. The highest BCUT2D eigenvalue weighted by Crippen LogP contribution is 2.33. The number of pyridine rings is 1. The summed E-state index contributed by atoms with van der Waals surface area (Å²) in [6.07, 6.45) is -0.202. The van der Waals surface area contributed by atoms with Crippen LogP contribution in [0.1, 0.15) is 24.6 Å². The molecule has 11 heteroatoms. The fraction of sp³-hybridized carbons (Fsp3) is 0.294. The Morgan fingerprint density at radius 3 is 2.64 bits per heavy atom. The van der Waals surface area contributed by atoms with Crippen LogP contribution in [-0.2, 0) is 9.53 Å². The van der Waals surface area contributed by atoms with Gasteiger partial charge in [0, 0.05) is 31.7 Å². The number of dihydropyridines is 1. The highest BCUT2D eigenvalue weighted by Gasteiger charge is 2.25. The molecule has 0 aromatic carbocycles. The quantitative estimate of drug-likeness (QED) is 0.442. The number of hydrogen-bond acceptors (Lipinski definition) is 7. The van der Waals surface area contributed by atoms with E-state index in [4.69, 9.17) is 26.0 Å². The van der Waals surface area contributed by atoms with Gasteiger partial charge in [0.25, 0.3) is 12.4 Å². The standard InChI is InChI=1S/C17H20F2N6O3/c1-8(20)28-17(22)25(2)14-5-9(11(6-24-14)16(21)26)10-4-12(15(18)19)23-7-13(10)27-3/h4-5,7,15,20,22,24H,6H2,1-3H3,(H2,21,26). The maximum Gasteiger partial charge on any atom is 0.296 e. The monoisotopic (exact) mass is 394 g/mol. The molecule has 0 atom stereocenters. The third kappa shape index (κ3) is 4.42. The Balaban J connectivity index is 2.59. The second-order valence-corrected chi connectivity index (χ2v) is 5.77. The van der Waals surface area contributed by atoms with Gasteiger partial charge in [0.05, 0.1) is 13.3 Å². The summed E-state index contributed by atoms with van der Waals surface area (Å²) in [5, 5.41) is 18.1. The molecule has 1 aromatic rings. The maximum atomic E-state index is 13.1. The number of allylic oxidation sites excluding steroid dienone is 2. The number of carbonyl (C=O) groups excluding carboxylic acids is 1. The topological polar surface area (TPSA) is 137 Å². The molecule has 2 rings (SSSR count). The molecule has 0 radical (unpaired) electrons. The molecule has 150 valence electrons. The molecule has 9 nitrogen and oxygen atoms in total. The summed E-state index contributed by atoms with van der Waals surface area (Å²) >= 11 is 0. The van der Waals surface area contributed by atoms with Crippen molar-refractivity contribution >= 4 is 23.4 Å². The predicted molar refractivity (Wildman–Crippen MR) is 97.9 cm³/mol. The van der Waals surface area contributed by atoms with Crippen molar-refractivity contribution in [2.75, 3.05) is 20.7 Å². The van der Waals surface area contributed by atoms with Gasteiger partial charge in [0.2, 0.25) is 5.91 Å². The minimum absolute atomic E-state index is 0.00677. The van der Waals surface area contributed by atoms with Crippen LogP contribution in [0.15, 0.2) is 29.7 Å². The van der Waals surface area contributed by atoms with Crippen LogP contribution in [-0.4, -0.2) is 48.4 Å². The van der Waals surface area contributed by atoms with E-state index in [-0.39, 0.29) is 40.9 Å². The third-order valence-corrected chi connectivity index (χ3v) is 3.89. The lowest BCUT2D eigenvalue weighted by molar-refractivity contribution is -0.114. The van der Waals surface area contributed by atoms with Crippen molar-refractivity contribution in [3.63, 3.8) is 0 Å². The smallest absolute Gasteiger partial charge is 0.296 e. The van der Waals surface area contributed by atoms with Crippen molar-refractivity contribution in [2.24, 2.45) is 5.73 Å². The summed E-state index contributed by atoms with van der Waals surface area (Å²) in [7, 11) is 2.85. The van der Waals surface area contributed by atoms with Crippen LogP contribution in [0.25, 0.3) is 5.57 Å². The van der Waals surface area contributed by atoms with Crippen molar-refractivity contribution in [2.45, 2.75) is 13.3 Å². The Kier molecular flexibility index (Phi) is 6.29. The second-order valence-electron chi connectivity index (χ2n) is 5.77. The normalized spacial score (nSPS) is 13.6. The van der Waals surface area contributed by atoms with E-state index in [1.807, 2.05) is 0 Å². The van der Waals surface area contributed by atoms with Gasteiger partial charge in [-0.15, -0.1) is 0 Å². The highest BCUT2D eigenvalue weighted by molar-refractivity contribution is 6.04. The van der Waals surface area contributed by atoms with Gasteiger partial charge in [0.1, 0.15) is 17.3 Å². The molecule has 5 N–H and O–H groups in total. The zero-order valence-electron chi connectivity index (χ0n) is 15.5. The predicted octanol–water partition coefficient (Wildman–Crippen LogP) is 1.59. The zero-order valence-corrected chi connectivity index (χ0v) is 15.5. The fourth-order valence-electron chi connectivity index (χ4n) is 2.50. The summed E-state index contributed by atoms with van der Waals surface area (Å²) in [6, 6.07) is 0.785. The molecule has 0 saturated heterocycles. The first-order valence-electron chi connectivity index (χ1n) is 8.02. The second kappa shape index (κ2) is 8.46. The first-order chi connectivity index (χ1) is 13.1. The molecular weight excluding hydrogens is 374 g/mol. The van der Waals surface area contributed by atoms with Crippen LogP contribution in [0.5, 0.6) is 5.75 Å². The molecule has 0 fully saturated rings. The number of amidine groups is 1. The summed E-state index contributed by atoms with van der Waals surface area (Å²) in [6.45, 7) is 1.36. The molecule has 0 spiro atoms. The fourth-order valence-corrected chi connectivity index (χ4v) is 2.50. The Hall–Kier alpha value is -3.50. The highest BCUT2D eigenvalue weighted by atomic mass is 19.3. The molecule has 2 heterocycles. The minimum atomic E-state index is -2.81. The number of nitrogens with one attached hydrogen (secondary N) is 3. The van der Waals surface area contributed by atoms with Crippen molar-refractivity contribution in [3.05, 3.63) is 41.0 Å². The molecule has 0 saturated carbocycles. The van der Waals surface area contributed by atoms with Crippen LogP contribution in [0.4, 0.5) is 8.78 Å². The number of hydrogen-bond donors (Lipinski definition) is 4. The number of methoxy groups -OCH3 is 1. The van der Waals surface area contributed by atoms with E-state index in [0.717, 1.165) is 12.3 Å². The summed E-state index contributed by atoms with van der Waals surface area (Å²) < 4.78 is 36.4.